The maximum absolute atomic E-state index is 8.66. The topological polar surface area (TPSA) is 40.5 Å². The van der Waals surface area contributed by atoms with Crippen LogP contribution in [0.3, 0.4) is 0 Å². The van der Waals surface area contributed by atoms with Crippen molar-refractivity contribution in [2.75, 3.05) is 7.11 Å². The zero-order chi connectivity index (χ0) is 15.6. The molecule has 2 N–H and O–H groups in total. The quantitative estimate of drug-likeness (QED) is 0.431. The Morgan fingerprint density at radius 1 is 0.909 bits per heavy atom. The second kappa shape index (κ2) is 33.1. The Labute approximate surface area is 166 Å². The van der Waals surface area contributed by atoms with Crippen LogP contribution >= 0.6 is 24.8 Å². The molecule has 6 heteroatoms. The van der Waals surface area contributed by atoms with Gasteiger partial charge >= 0.3 is 28.4 Å². The van der Waals surface area contributed by atoms with E-state index in [-0.39, 0.29) is 32.2 Å². The molecule has 2 rings (SSSR count). The van der Waals surface area contributed by atoms with Crippen molar-refractivity contribution >= 4 is 37.3 Å². The van der Waals surface area contributed by atoms with Gasteiger partial charge in [-0.25, -0.2) is 24.3 Å². The van der Waals surface area contributed by atoms with E-state index >= 15 is 0 Å². The molecule has 22 heavy (non-hydrogen) atoms. The van der Waals surface area contributed by atoms with Crippen LogP contribution in [0.25, 0.3) is 0 Å². The predicted molar refractivity (Wildman–Crippen MR) is 105 cm³/mol. The normalized spacial score (nSPS) is 11.1. The molecule has 0 saturated carbocycles. The molecule has 2 nitrogen and oxygen atoms in total. The molecule has 132 valence electrons. The van der Waals surface area contributed by atoms with Crippen LogP contribution in [0.4, 0.5) is 0 Å². The van der Waals surface area contributed by atoms with Crippen molar-refractivity contribution in [2.45, 2.75) is 32.5 Å². The monoisotopic (exact) mass is 443 g/mol. The van der Waals surface area contributed by atoms with Gasteiger partial charge in [0.15, 0.2) is 8.32 Å². The summed E-state index contributed by atoms with van der Waals surface area (Å²) in [6.07, 6.45) is 20.0. The molecule has 0 aromatic heterocycles. The molecule has 2 aliphatic carbocycles. The van der Waals surface area contributed by atoms with Crippen LogP contribution in [-0.4, -0.2) is 29.5 Å². The van der Waals surface area contributed by atoms with Crippen molar-refractivity contribution in [3.8, 4) is 0 Å². The van der Waals surface area contributed by atoms with E-state index < -0.39 is 8.32 Å². The summed E-state index contributed by atoms with van der Waals surface area (Å²) in [7, 11) is -0.611. The molecular weight excluding hydrogens is 414 g/mol. The molecule has 0 aliphatic heterocycles. The maximum Gasteiger partial charge on any atom is -0.358 e. The zero-order valence-corrected chi connectivity index (χ0v) is 19.4. The number of allylic oxidation sites excluding steroid dienone is 8. The fourth-order valence-corrected chi connectivity index (χ4v) is 0.680. The molecule has 0 aromatic carbocycles. The van der Waals surface area contributed by atoms with Crippen molar-refractivity contribution in [3.05, 3.63) is 56.0 Å². The van der Waals surface area contributed by atoms with Gasteiger partial charge in [0.25, 0.3) is 0 Å². The average molecular weight is 446 g/mol. The Hall–Kier alpha value is 0.430. The zero-order valence-electron chi connectivity index (χ0n) is 14.3. The molecule has 0 bridgehead atoms. The van der Waals surface area contributed by atoms with Gasteiger partial charge in [0.2, 0.25) is 0 Å². The number of aliphatic hydroxyl groups is 1. The average Bonchev–Trinajstić information content (AvgIpc) is 3.10. The summed E-state index contributed by atoms with van der Waals surface area (Å²) in [5.74, 6) is 0. The molecule has 0 amide bonds. The van der Waals surface area contributed by atoms with E-state index in [2.05, 4.69) is 28.5 Å². The van der Waals surface area contributed by atoms with E-state index in [0.717, 1.165) is 20.0 Å². The van der Waals surface area contributed by atoms with Gasteiger partial charge in [-0.1, -0.05) is 0 Å². The van der Waals surface area contributed by atoms with Crippen LogP contribution in [0.5, 0.6) is 0 Å². The van der Waals surface area contributed by atoms with E-state index in [1.165, 1.54) is 24.2 Å². The van der Waals surface area contributed by atoms with E-state index in [9.17, 15) is 0 Å². The van der Waals surface area contributed by atoms with Crippen LogP contribution in [0.15, 0.2) is 36.5 Å². The fraction of sp³-hybridized carbons (Fsp3) is 0.375. The Bertz CT molecular complexity index is 238. The first-order valence-corrected chi connectivity index (χ1v) is 11.1. The minimum absolute atomic E-state index is 0. The van der Waals surface area contributed by atoms with Crippen LogP contribution in [-0.2, 0) is 24.2 Å². The van der Waals surface area contributed by atoms with Gasteiger partial charge in [0.1, 0.15) is 0 Å². The van der Waals surface area contributed by atoms with E-state index in [4.69, 9.17) is 9.90 Å². The van der Waals surface area contributed by atoms with Gasteiger partial charge in [-0.15, -0.1) is 37.7 Å². The molecule has 0 unspecified atom stereocenters. The van der Waals surface area contributed by atoms with Crippen molar-refractivity contribution in [3.63, 3.8) is 0 Å². The molecular formula is C16H31Cl2O2SiZr-3. The smallest absolute Gasteiger partial charge is 0.358 e. The van der Waals surface area contributed by atoms with Crippen molar-refractivity contribution in [1.82, 2.24) is 0 Å². The molecule has 0 radical (unpaired) electrons. The second-order valence-electron chi connectivity index (χ2n) is 4.18. The first-order chi connectivity index (χ1) is 9.00. The Morgan fingerprint density at radius 3 is 1.18 bits per heavy atom. The summed E-state index contributed by atoms with van der Waals surface area (Å²) >= 11 is 1.30. The number of hydrogen-bond donors (Lipinski definition) is 2. The third-order valence-electron chi connectivity index (χ3n) is 1.17. The van der Waals surface area contributed by atoms with Crippen molar-refractivity contribution in [1.29, 1.82) is 0 Å². The van der Waals surface area contributed by atoms with Gasteiger partial charge in [-0.05, 0) is 19.6 Å². The largest absolute Gasteiger partial charge is 0.358 e. The summed E-state index contributed by atoms with van der Waals surface area (Å²) in [5.41, 5.74) is 0. The number of halogens is 2. The summed E-state index contributed by atoms with van der Waals surface area (Å²) in [4.78, 5) is 8.66. The minimum atomic E-state index is -1.61. The molecule has 0 aromatic rings. The first kappa shape index (κ1) is 38.2. The summed E-state index contributed by atoms with van der Waals surface area (Å²) in [5, 5.41) is 7.00. The van der Waals surface area contributed by atoms with Gasteiger partial charge in [0.05, 0.1) is 0 Å². The first-order valence-electron chi connectivity index (χ1n) is 5.96. The van der Waals surface area contributed by atoms with Crippen molar-refractivity contribution in [2.24, 2.45) is 0 Å². The minimum Gasteiger partial charge on any atom is -0.358 e. The van der Waals surface area contributed by atoms with Crippen LogP contribution in [0.2, 0.25) is 19.6 Å². The fourth-order valence-electron chi connectivity index (χ4n) is 0.680. The number of hydrogen-bond acceptors (Lipinski definition) is 2. The van der Waals surface area contributed by atoms with E-state index in [0.29, 0.717) is 0 Å². The van der Waals surface area contributed by atoms with Crippen LogP contribution in [0.1, 0.15) is 12.8 Å². The standard InChI is InChI=1S/2C5H5.C3H10OSi.CH4O.CH3.CH2.2ClH.Zr/c2*1-2-4-5-3-1;1-5(2,3)4;1-2;;;;;/h2*1-3H,4H2;4H,1-3H3;2H,1H3;1H3;1H2;2*1H;/q2*-1;;;-1;;;;. The van der Waals surface area contributed by atoms with Gasteiger partial charge in [-0.2, -0.15) is 12.2 Å². The molecule has 2 aliphatic rings. The summed E-state index contributed by atoms with van der Waals surface area (Å²) < 4.78 is 3.34. The summed E-state index contributed by atoms with van der Waals surface area (Å²) in [6, 6.07) is 0. The predicted octanol–water partition coefficient (Wildman–Crippen LogP) is 4.29. The van der Waals surface area contributed by atoms with Gasteiger partial charge in [-0.3, -0.25) is 12.2 Å². The Kier molecular flexibility index (Phi) is 57.5. The molecule has 0 heterocycles. The second-order valence-corrected chi connectivity index (χ2v) is 8.52. The summed E-state index contributed by atoms with van der Waals surface area (Å²) in [6.45, 7) is 5.65. The third-order valence-corrected chi connectivity index (χ3v) is 1.17. The number of rotatable bonds is 0. The SMILES string of the molecule is CO.C[Si](C)(C)O.Cl.Cl.[C-]1=CC=CC1.[C-]1=CC=CC1.[CH2]=[Zr].[CH3-]. The Balaban J connectivity index is -0.0000000369. The van der Waals surface area contributed by atoms with Gasteiger partial charge in [0, 0.05) is 7.11 Å². The molecule has 0 fully saturated rings. The van der Waals surface area contributed by atoms with Gasteiger partial charge < -0.3 is 17.3 Å². The molecule has 0 spiro atoms. The maximum atomic E-state index is 8.66. The Morgan fingerprint density at radius 2 is 1.14 bits per heavy atom. The number of aliphatic hydroxyl groups excluding tert-OH is 1. The van der Waals surface area contributed by atoms with Crippen LogP contribution < -0.4 is 0 Å². The van der Waals surface area contributed by atoms with E-state index in [1.54, 1.807) is 0 Å². The van der Waals surface area contributed by atoms with Crippen LogP contribution in [0, 0.1) is 19.6 Å². The van der Waals surface area contributed by atoms with Crippen molar-refractivity contribution < 1.29 is 34.1 Å². The third kappa shape index (κ3) is 70.9. The molecule has 0 saturated heterocycles. The molecule has 0 atom stereocenters. The van der Waals surface area contributed by atoms with E-state index in [1.807, 2.05) is 43.9 Å².